The van der Waals surface area contributed by atoms with E-state index >= 15 is 0 Å². The van der Waals surface area contributed by atoms with Gasteiger partial charge in [-0.3, -0.25) is 0 Å². The van der Waals surface area contributed by atoms with E-state index in [-0.39, 0.29) is 35.0 Å². The molecule has 0 bridgehead atoms. The second kappa shape index (κ2) is 6.74. The van der Waals surface area contributed by atoms with E-state index in [9.17, 15) is 14.7 Å². The maximum atomic E-state index is 12.1. The number of carbonyl (C=O) groups excluding carboxylic acids is 2. The van der Waals surface area contributed by atoms with E-state index in [0.717, 1.165) is 0 Å². The number of rotatable bonds is 6. The summed E-state index contributed by atoms with van der Waals surface area (Å²) < 4.78 is 25.5. The largest absolute Gasteiger partial charge is 0.493 e. The molecule has 0 saturated carbocycles. The minimum Gasteiger partial charge on any atom is -0.493 e. The van der Waals surface area contributed by atoms with E-state index in [0.29, 0.717) is 0 Å². The van der Waals surface area contributed by atoms with Gasteiger partial charge < -0.3 is 28.8 Å². The second-order valence-corrected chi connectivity index (χ2v) is 4.63. The number of ether oxygens (including phenoxy) is 5. The molecule has 0 spiro atoms. The maximum absolute atomic E-state index is 12.1. The number of esters is 2. The van der Waals surface area contributed by atoms with E-state index in [4.69, 9.17) is 23.7 Å². The highest BCUT2D eigenvalue weighted by Gasteiger charge is 2.43. The molecule has 0 radical (unpaired) electrons. The molecule has 8 heteroatoms. The summed E-state index contributed by atoms with van der Waals surface area (Å²) in [7, 11) is 4.18. The minimum atomic E-state index is -1.65. The summed E-state index contributed by atoms with van der Waals surface area (Å²) in [6.07, 6.45) is -2.85. The molecule has 1 N–H and O–H groups in total. The monoisotopic (exact) mass is 326 g/mol. The molecule has 1 aromatic carbocycles. The normalized spacial score (nSPS) is 17.1. The quantitative estimate of drug-likeness (QED) is 0.768. The average molecular weight is 326 g/mol. The van der Waals surface area contributed by atoms with Crippen molar-refractivity contribution in [3.05, 3.63) is 17.2 Å². The van der Waals surface area contributed by atoms with Crippen LogP contribution in [0.4, 0.5) is 0 Å². The van der Waals surface area contributed by atoms with Crippen LogP contribution in [0.5, 0.6) is 17.2 Å². The van der Waals surface area contributed by atoms with Gasteiger partial charge in [0.1, 0.15) is 5.56 Å². The van der Waals surface area contributed by atoms with Crippen LogP contribution in [0.1, 0.15) is 28.9 Å². The lowest BCUT2D eigenvalue weighted by Crippen LogP contribution is -2.30. The van der Waals surface area contributed by atoms with Gasteiger partial charge in [-0.15, -0.1) is 0 Å². The predicted octanol–water partition coefficient (Wildman–Crippen LogP) is 0.848. The zero-order chi connectivity index (χ0) is 17.1. The van der Waals surface area contributed by atoms with Crippen LogP contribution < -0.4 is 14.2 Å². The van der Waals surface area contributed by atoms with Gasteiger partial charge in [-0.2, -0.15) is 0 Å². The Kier molecular flexibility index (Phi) is 4.95. The van der Waals surface area contributed by atoms with Gasteiger partial charge in [-0.05, 0) is 13.0 Å². The molecule has 2 atom stereocenters. The molecular weight excluding hydrogens is 308 g/mol. The Balaban J connectivity index is 2.55. The fourth-order valence-corrected chi connectivity index (χ4v) is 2.43. The Morgan fingerprint density at radius 1 is 1.26 bits per heavy atom. The maximum Gasteiger partial charge on any atom is 0.343 e. The van der Waals surface area contributed by atoms with Crippen LogP contribution in [-0.4, -0.2) is 51.1 Å². The van der Waals surface area contributed by atoms with Crippen molar-refractivity contribution in [3.8, 4) is 17.2 Å². The number of carbonyl (C=O) groups is 2. The fraction of sp³-hybridized carbons (Fsp3) is 0.467. The summed E-state index contributed by atoms with van der Waals surface area (Å²) in [6.45, 7) is 1.70. The summed E-state index contributed by atoms with van der Waals surface area (Å²) in [5.74, 6) is -0.997. The number of benzene rings is 1. The van der Waals surface area contributed by atoms with Crippen molar-refractivity contribution in [2.24, 2.45) is 0 Å². The third kappa shape index (κ3) is 2.77. The molecule has 8 nitrogen and oxygen atoms in total. The number of aliphatic hydroxyl groups is 1. The zero-order valence-corrected chi connectivity index (χ0v) is 13.2. The predicted molar refractivity (Wildman–Crippen MR) is 76.9 cm³/mol. The lowest BCUT2D eigenvalue weighted by atomic mass is 9.99. The molecule has 1 aliphatic rings. The number of fused-ring (bicyclic) bond motifs is 1. The molecule has 0 aliphatic carbocycles. The Hall–Kier alpha value is -2.48. The number of hydrogen-bond acceptors (Lipinski definition) is 8. The molecule has 126 valence electrons. The number of cyclic esters (lactones) is 1. The number of aliphatic hydroxyl groups excluding tert-OH is 1. The molecule has 1 aliphatic heterocycles. The summed E-state index contributed by atoms with van der Waals surface area (Å²) in [5, 5.41) is 10.1. The zero-order valence-electron chi connectivity index (χ0n) is 13.2. The summed E-state index contributed by atoms with van der Waals surface area (Å²) >= 11 is 0. The van der Waals surface area contributed by atoms with Crippen LogP contribution >= 0.6 is 0 Å². The first-order valence-electron chi connectivity index (χ1n) is 6.88. The van der Waals surface area contributed by atoms with Crippen LogP contribution in [0.15, 0.2) is 6.07 Å². The van der Waals surface area contributed by atoms with Crippen molar-refractivity contribution in [1.29, 1.82) is 0 Å². The van der Waals surface area contributed by atoms with E-state index < -0.39 is 24.1 Å². The standard InChI is InChI=1S/C15H18O8/c1-5-22-15(18)10(16)11-7-6-8(19-2)12(20-3)13(21-4)9(7)14(17)23-11/h6,10-11,16H,5H2,1-4H3. The highest BCUT2D eigenvalue weighted by molar-refractivity contribution is 5.99. The van der Waals surface area contributed by atoms with Gasteiger partial charge in [0.15, 0.2) is 23.7 Å². The first-order valence-corrected chi connectivity index (χ1v) is 6.88. The highest BCUT2D eigenvalue weighted by Crippen LogP contribution is 2.48. The van der Waals surface area contributed by atoms with Crippen molar-refractivity contribution >= 4 is 11.9 Å². The third-order valence-corrected chi connectivity index (χ3v) is 3.42. The van der Waals surface area contributed by atoms with Crippen molar-refractivity contribution in [3.63, 3.8) is 0 Å². The van der Waals surface area contributed by atoms with Gasteiger partial charge >= 0.3 is 11.9 Å². The van der Waals surface area contributed by atoms with E-state index in [2.05, 4.69) is 0 Å². The van der Waals surface area contributed by atoms with Gasteiger partial charge in [0.2, 0.25) is 5.75 Å². The van der Waals surface area contributed by atoms with E-state index in [1.807, 2.05) is 0 Å². The summed E-state index contributed by atoms with van der Waals surface area (Å²) in [5.41, 5.74) is 0.351. The molecule has 23 heavy (non-hydrogen) atoms. The Morgan fingerprint density at radius 2 is 1.91 bits per heavy atom. The summed E-state index contributed by atoms with van der Waals surface area (Å²) in [6, 6.07) is 1.47. The van der Waals surface area contributed by atoms with Gasteiger partial charge in [-0.1, -0.05) is 0 Å². The number of methoxy groups -OCH3 is 3. The van der Waals surface area contributed by atoms with Crippen molar-refractivity contribution in [2.75, 3.05) is 27.9 Å². The van der Waals surface area contributed by atoms with Crippen LogP contribution in [0.25, 0.3) is 0 Å². The molecular formula is C15H18O8. The highest BCUT2D eigenvalue weighted by atomic mass is 16.6. The molecule has 0 aromatic heterocycles. The van der Waals surface area contributed by atoms with Crippen molar-refractivity contribution < 1.29 is 38.4 Å². The lowest BCUT2D eigenvalue weighted by molar-refractivity contribution is -0.159. The van der Waals surface area contributed by atoms with E-state index in [1.54, 1.807) is 6.92 Å². The Morgan fingerprint density at radius 3 is 2.43 bits per heavy atom. The number of hydrogen-bond donors (Lipinski definition) is 1. The molecule has 0 amide bonds. The minimum absolute atomic E-state index is 0.0819. The molecule has 0 saturated heterocycles. The van der Waals surface area contributed by atoms with Crippen LogP contribution in [0, 0.1) is 0 Å². The first-order chi connectivity index (χ1) is 11.0. The fourth-order valence-electron chi connectivity index (χ4n) is 2.43. The van der Waals surface area contributed by atoms with Gasteiger partial charge in [0.05, 0.1) is 27.9 Å². The van der Waals surface area contributed by atoms with Crippen molar-refractivity contribution in [1.82, 2.24) is 0 Å². The SMILES string of the molecule is CCOC(=O)C(O)C1OC(=O)c2c1cc(OC)c(OC)c2OC. The van der Waals surface area contributed by atoms with Gasteiger partial charge in [-0.25, -0.2) is 9.59 Å². The average Bonchev–Trinajstić information content (AvgIpc) is 2.88. The first kappa shape index (κ1) is 16.9. The molecule has 0 fully saturated rings. The van der Waals surface area contributed by atoms with Crippen LogP contribution in [0.2, 0.25) is 0 Å². The second-order valence-electron chi connectivity index (χ2n) is 4.63. The molecule has 2 unspecified atom stereocenters. The smallest absolute Gasteiger partial charge is 0.343 e. The van der Waals surface area contributed by atoms with Crippen LogP contribution in [0.3, 0.4) is 0 Å². The Labute approximate surface area is 132 Å². The van der Waals surface area contributed by atoms with Crippen molar-refractivity contribution in [2.45, 2.75) is 19.1 Å². The van der Waals surface area contributed by atoms with E-state index in [1.165, 1.54) is 27.4 Å². The lowest BCUT2D eigenvalue weighted by Gasteiger charge is -2.18. The summed E-state index contributed by atoms with van der Waals surface area (Å²) in [4.78, 5) is 23.9. The topological polar surface area (TPSA) is 101 Å². The van der Waals surface area contributed by atoms with Crippen LogP contribution in [-0.2, 0) is 14.3 Å². The molecule has 1 heterocycles. The Bertz CT molecular complexity index is 624. The third-order valence-electron chi connectivity index (χ3n) is 3.42. The van der Waals surface area contributed by atoms with Gasteiger partial charge in [0.25, 0.3) is 0 Å². The molecule has 2 rings (SSSR count). The molecule has 1 aromatic rings. The van der Waals surface area contributed by atoms with Gasteiger partial charge in [0, 0.05) is 5.56 Å².